The molecule has 3 heterocycles. The highest BCUT2D eigenvalue weighted by Gasteiger charge is 2.29. The Morgan fingerprint density at radius 1 is 0.914 bits per heavy atom. The third-order valence-electron chi connectivity index (χ3n) is 5.34. The predicted molar refractivity (Wildman–Crippen MR) is 126 cm³/mol. The molecule has 10 nitrogen and oxygen atoms in total. The molecule has 3 aromatic rings. The molecule has 1 amide bonds. The second-order valence-corrected chi connectivity index (χ2v) is 9.71. The van der Waals surface area contributed by atoms with Gasteiger partial charge in [0.15, 0.2) is 6.61 Å². The average Bonchev–Trinajstić information content (AvgIpc) is 2.88. The highest BCUT2D eigenvalue weighted by atomic mass is 32.2. The first-order valence-corrected chi connectivity index (χ1v) is 12.5. The van der Waals surface area contributed by atoms with Gasteiger partial charge in [-0.1, -0.05) is 30.3 Å². The smallest absolute Gasteiger partial charge is 0.344 e. The van der Waals surface area contributed by atoms with Crippen molar-refractivity contribution in [2.75, 3.05) is 32.8 Å². The molecule has 0 atom stereocenters. The van der Waals surface area contributed by atoms with Crippen molar-refractivity contribution in [2.45, 2.75) is 5.75 Å². The van der Waals surface area contributed by atoms with E-state index in [0.29, 0.717) is 11.3 Å². The first kappa shape index (κ1) is 24.3. The molecular weight excluding hydrogens is 472 g/mol. The van der Waals surface area contributed by atoms with Gasteiger partial charge in [-0.05, 0) is 29.8 Å². The zero-order valence-electron chi connectivity index (χ0n) is 18.8. The minimum absolute atomic E-state index is 0.0372. The number of carbonyl (C=O) groups is 2. The molecule has 1 fully saturated rings. The van der Waals surface area contributed by atoms with Gasteiger partial charge in [0.25, 0.3) is 5.91 Å². The zero-order valence-corrected chi connectivity index (χ0v) is 19.6. The van der Waals surface area contributed by atoms with E-state index < -0.39 is 28.5 Å². The molecule has 0 spiro atoms. The van der Waals surface area contributed by atoms with Gasteiger partial charge in [-0.15, -0.1) is 0 Å². The van der Waals surface area contributed by atoms with E-state index in [1.54, 1.807) is 48.7 Å². The summed E-state index contributed by atoms with van der Waals surface area (Å²) in [5.74, 6) is -0.813. The summed E-state index contributed by atoms with van der Waals surface area (Å²) in [6.07, 6.45) is 4.54. The van der Waals surface area contributed by atoms with Crippen LogP contribution in [0, 0.1) is 0 Å². The van der Waals surface area contributed by atoms with Gasteiger partial charge in [0, 0.05) is 38.6 Å². The molecule has 35 heavy (non-hydrogen) atoms. The van der Waals surface area contributed by atoms with Crippen LogP contribution < -0.4 is 4.74 Å². The number of carbonyl (C=O) groups excluding carboxylic acids is 2. The van der Waals surface area contributed by atoms with Crippen LogP contribution in [0.2, 0.25) is 0 Å². The van der Waals surface area contributed by atoms with Crippen molar-refractivity contribution in [1.29, 1.82) is 0 Å². The number of nitrogens with zero attached hydrogens (tertiary/aromatic N) is 4. The van der Waals surface area contributed by atoms with Crippen molar-refractivity contribution in [3.63, 3.8) is 0 Å². The van der Waals surface area contributed by atoms with Crippen LogP contribution in [0.4, 0.5) is 0 Å². The summed E-state index contributed by atoms with van der Waals surface area (Å²) in [4.78, 5) is 34.7. The van der Waals surface area contributed by atoms with Crippen LogP contribution in [0.3, 0.4) is 0 Å². The van der Waals surface area contributed by atoms with Crippen LogP contribution in [0.1, 0.15) is 15.9 Å². The molecule has 1 aliphatic rings. The lowest BCUT2D eigenvalue weighted by atomic mass is 10.2. The minimum Gasteiger partial charge on any atom is -0.452 e. The summed E-state index contributed by atoms with van der Waals surface area (Å²) in [5, 5.41) is 0. The topological polar surface area (TPSA) is 119 Å². The molecule has 2 aromatic heterocycles. The van der Waals surface area contributed by atoms with Gasteiger partial charge in [-0.25, -0.2) is 18.2 Å². The molecule has 0 radical (unpaired) electrons. The Morgan fingerprint density at radius 3 is 2.37 bits per heavy atom. The Bertz CT molecular complexity index is 1260. The van der Waals surface area contributed by atoms with Crippen LogP contribution in [-0.2, 0) is 25.3 Å². The van der Waals surface area contributed by atoms with E-state index in [2.05, 4.69) is 9.97 Å². The van der Waals surface area contributed by atoms with Crippen LogP contribution in [0.25, 0.3) is 0 Å². The fourth-order valence-electron chi connectivity index (χ4n) is 3.53. The summed E-state index contributed by atoms with van der Waals surface area (Å²) in [6, 6.07) is 15.3. The van der Waals surface area contributed by atoms with Gasteiger partial charge < -0.3 is 14.4 Å². The van der Waals surface area contributed by atoms with Crippen LogP contribution in [-0.4, -0.2) is 72.3 Å². The first-order valence-electron chi connectivity index (χ1n) is 10.9. The van der Waals surface area contributed by atoms with Crippen molar-refractivity contribution in [1.82, 2.24) is 19.2 Å². The second kappa shape index (κ2) is 11.1. The fourth-order valence-corrected chi connectivity index (χ4v) is 5.05. The first-order chi connectivity index (χ1) is 16.9. The number of hydrogen-bond donors (Lipinski definition) is 0. The number of aromatic nitrogens is 2. The quantitative estimate of drug-likeness (QED) is 0.435. The number of benzene rings is 1. The van der Waals surface area contributed by atoms with Crippen LogP contribution in [0.5, 0.6) is 11.6 Å². The van der Waals surface area contributed by atoms with E-state index >= 15 is 0 Å². The number of hydrogen-bond acceptors (Lipinski definition) is 8. The van der Waals surface area contributed by atoms with E-state index in [1.165, 1.54) is 27.7 Å². The normalized spacial score (nSPS) is 14.3. The van der Waals surface area contributed by atoms with Crippen molar-refractivity contribution in [2.24, 2.45) is 0 Å². The molecule has 4 rings (SSSR count). The fraction of sp³-hybridized carbons (Fsp3) is 0.250. The lowest BCUT2D eigenvalue weighted by Gasteiger charge is -2.33. The Labute approximate surface area is 203 Å². The molecule has 182 valence electrons. The third-order valence-corrected chi connectivity index (χ3v) is 7.19. The number of amides is 1. The number of rotatable bonds is 8. The van der Waals surface area contributed by atoms with E-state index in [4.69, 9.17) is 9.47 Å². The highest BCUT2D eigenvalue weighted by molar-refractivity contribution is 7.88. The molecule has 1 aromatic carbocycles. The molecule has 0 N–H and O–H groups in total. The molecule has 1 saturated heterocycles. The molecular formula is C24H24N4O6S. The number of pyridine rings is 2. The maximum Gasteiger partial charge on any atom is 0.344 e. The summed E-state index contributed by atoms with van der Waals surface area (Å²) in [5.41, 5.74) is 0.779. The molecule has 0 saturated carbocycles. The Morgan fingerprint density at radius 2 is 1.66 bits per heavy atom. The molecule has 1 aliphatic heterocycles. The summed E-state index contributed by atoms with van der Waals surface area (Å²) < 4.78 is 37.6. The van der Waals surface area contributed by atoms with Gasteiger partial charge in [0.2, 0.25) is 15.9 Å². The van der Waals surface area contributed by atoms with Gasteiger partial charge >= 0.3 is 5.97 Å². The number of sulfonamides is 1. The van der Waals surface area contributed by atoms with Crippen molar-refractivity contribution < 1.29 is 27.5 Å². The molecule has 0 unspecified atom stereocenters. The summed E-state index contributed by atoms with van der Waals surface area (Å²) in [6.45, 7) is 0.317. The summed E-state index contributed by atoms with van der Waals surface area (Å²) >= 11 is 0. The van der Waals surface area contributed by atoms with Crippen molar-refractivity contribution in [3.05, 3.63) is 84.3 Å². The standard InChI is InChI=1S/C24H24N4O6S/c29-22(27-12-14-28(15-13-27)35(31,32)18-19-6-2-1-3-7-19)17-33-24(30)21-9-5-11-26-23(21)34-20-8-4-10-25-16-20/h1-11,16H,12-15,17-18H2. The average molecular weight is 497 g/mol. The van der Waals surface area contributed by atoms with Gasteiger partial charge in [0.1, 0.15) is 11.3 Å². The molecule has 0 aliphatic carbocycles. The van der Waals surface area contributed by atoms with Gasteiger partial charge in [0.05, 0.1) is 11.9 Å². The number of piperazine rings is 1. The molecule has 11 heteroatoms. The van der Waals surface area contributed by atoms with Gasteiger partial charge in [-0.3, -0.25) is 9.78 Å². The van der Waals surface area contributed by atoms with E-state index in [1.807, 2.05) is 6.07 Å². The zero-order chi connectivity index (χ0) is 24.7. The monoisotopic (exact) mass is 496 g/mol. The predicted octanol–water partition coefficient (Wildman–Crippen LogP) is 2.10. The Kier molecular flexibility index (Phi) is 7.68. The van der Waals surface area contributed by atoms with E-state index in [-0.39, 0.29) is 43.4 Å². The van der Waals surface area contributed by atoms with Crippen LogP contribution >= 0.6 is 0 Å². The lowest BCUT2D eigenvalue weighted by molar-refractivity contribution is -0.135. The summed E-state index contributed by atoms with van der Waals surface area (Å²) in [7, 11) is -3.49. The third kappa shape index (κ3) is 6.40. The van der Waals surface area contributed by atoms with Crippen molar-refractivity contribution in [3.8, 4) is 11.6 Å². The van der Waals surface area contributed by atoms with E-state index in [9.17, 15) is 18.0 Å². The second-order valence-electron chi connectivity index (χ2n) is 7.74. The SMILES string of the molecule is O=C(OCC(=O)N1CCN(S(=O)(=O)Cc2ccccc2)CC1)c1cccnc1Oc1cccnc1. The lowest BCUT2D eigenvalue weighted by Crippen LogP contribution is -2.51. The maximum atomic E-state index is 12.7. The Balaban J connectivity index is 1.29. The molecule has 0 bridgehead atoms. The number of ether oxygens (including phenoxy) is 2. The largest absolute Gasteiger partial charge is 0.452 e. The van der Waals surface area contributed by atoms with Gasteiger partial charge in [-0.2, -0.15) is 4.31 Å². The minimum atomic E-state index is -3.49. The van der Waals surface area contributed by atoms with Crippen molar-refractivity contribution >= 4 is 21.9 Å². The number of esters is 1. The van der Waals surface area contributed by atoms with Crippen LogP contribution in [0.15, 0.2) is 73.2 Å². The maximum absolute atomic E-state index is 12.7. The highest BCUT2D eigenvalue weighted by Crippen LogP contribution is 2.22. The van der Waals surface area contributed by atoms with E-state index in [0.717, 1.165) is 0 Å². The Hall–Kier alpha value is -3.83.